The Labute approximate surface area is 130 Å². The molecule has 1 amide bonds. The standard InChI is InChI=1S/C14H13ClN2O3S/c1-9(20-13(18)7-11-3-2-6-21-11)14(19)17-12-5-4-10(15)8-16-12/h2-6,8-9H,7H2,1H3,(H,16,17,19)/t9-/m1/s1. The zero-order valence-electron chi connectivity index (χ0n) is 11.2. The molecule has 1 atom stereocenters. The van der Waals surface area contributed by atoms with E-state index in [4.69, 9.17) is 16.3 Å². The maximum Gasteiger partial charge on any atom is 0.311 e. The summed E-state index contributed by atoms with van der Waals surface area (Å²) in [6.07, 6.45) is 0.689. The minimum Gasteiger partial charge on any atom is -0.452 e. The summed E-state index contributed by atoms with van der Waals surface area (Å²) in [6.45, 7) is 1.51. The molecule has 2 heterocycles. The van der Waals surface area contributed by atoms with E-state index >= 15 is 0 Å². The number of ether oxygens (including phenoxy) is 1. The highest BCUT2D eigenvalue weighted by molar-refractivity contribution is 7.10. The third-order valence-corrected chi connectivity index (χ3v) is 3.65. The highest BCUT2D eigenvalue weighted by atomic mass is 35.5. The van der Waals surface area contributed by atoms with Gasteiger partial charge in [0, 0.05) is 11.1 Å². The van der Waals surface area contributed by atoms with Crippen LogP contribution >= 0.6 is 22.9 Å². The second-order valence-electron chi connectivity index (χ2n) is 4.24. The average molecular weight is 325 g/mol. The number of carbonyl (C=O) groups is 2. The van der Waals surface area contributed by atoms with Crippen molar-refractivity contribution >= 4 is 40.6 Å². The largest absolute Gasteiger partial charge is 0.452 e. The summed E-state index contributed by atoms with van der Waals surface area (Å²) in [5.41, 5.74) is 0. The third-order valence-electron chi connectivity index (χ3n) is 2.55. The summed E-state index contributed by atoms with van der Waals surface area (Å²) in [4.78, 5) is 28.4. The Bertz CT molecular complexity index is 614. The van der Waals surface area contributed by atoms with Gasteiger partial charge in [-0.15, -0.1) is 11.3 Å². The number of nitrogens with one attached hydrogen (secondary N) is 1. The van der Waals surface area contributed by atoms with Crippen molar-refractivity contribution in [2.75, 3.05) is 5.32 Å². The van der Waals surface area contributed by atoms with Crippen LogP contribution in [0.15, 0.2) is 35.8 Å². The van der Waals surface area contributed by atoms with E-state index in [1.165, 1.54) is 24.5 Å². The Morgan fingerprint density at radius 1 is 1.43 bits per heavy atom. The van der Waals surface area contributed by atoms with Gasteiger partial charge in [-0.05, 0) is 30.5 Å². The smallest absolute Gasteiger partial charge is 0.311 e. The van der Waals surface area contributed by atoms with Crippen molar-refractivity contribution in [3.63, 3.8) is 0 Å². The molecule has 0 spiro atoms. The minimum absolute atomic E-state index is 0.161. The van der Waals surface area contributed by atoms with Crippen LogP contribution in [0.2, 0.25) is 5.02 Å². The van der Waals surface area contributed by atoms with Gasteiger partial charge in [-0.3, -0.25) is 9.59 Å². The molecular formula is C14H13ClN2O3S. The van der Waals surface area contributed by atoms with Crippen LogP contribution in [0.3, 0.4) is 0 Å². The molecular weight excluding hydrogens is 312 g/mol. The van der Waals surface area contributed by atoms with Gasteiger partial charge in [-0.2, -0.15) is 0 Å². The first-order valence-corrected chi connectivity index (χ1v) is 7.44. The molecule has 0 unspecified atom stereocenters. The molecule has 0 bridgehead atoms. The summed E-state index contributed by atoms with van der Waals surface area (Å²) < 4.78 is 5.08. The van der Waals surface area contributed by atoms with E-state index in [9.17, 15) is 9.59 Å². The second kappa shape index (κ2) is 7.19. The normalized spacial score (nSPS) is 11.7. The van der Waals surface area contributed by atoms with Crippen molar-refractivity contribution in [3.8, 4) is 0 Å². The van der Waals surface area contributed by atoms with Gasteiger partial charge < -0.3 is 10.1 Å². The predicted molar refractivity (Wildman–Crippen MR) is 81.5 cm³/mol. The van der Waals surface area contributed by atoms with Gasteiger partial charge in [-0.25, -0.2) is 4.98 Å². The van der Waals surface area contributed by atoms with Crippen LogP contribution in [0.25, 0.3) is 0 Å². The molecule has 7 heteroatoms. The number of hydrogen-bond donors (Lipinski definition) is 1. The first-order chi connectivity index (χ1) is 10.0. The topological polar surface area (TPSA) is 68.3 Å². The van der Waals surface area contributed by atoms with Crippen molar-refractivity contribution in [2.45, 2.75) is 19.4 Å². The molecule has 2 aromatic rings. The van der Waals surface area contributed by atoms with E-state index in [-0.39, 0.29) is 6.42 Å². The predicted octanol–water partition coefficient (Wildman–Crippen LogP) is 2.91. The second-order valence-corrected chi connectivity index (χ2v) is 5.71. The zero-order valence-corrected chi connectivity index (χ0v) is 12.8. The van der Waals surface area contributed by atoms with Gasteiger partial charge in [0.2, 0.25) is 0 Å². The van der Waals surface area contributed by atoms with Crippen LogP contribution in [-0.4, -0.2) is 23.0 Å². The quantitative estimate of drug-likeness (QED) is 0.859. The lowest BCUT2D eigenvalue weighted by Crippen LogP contribution is -2.30. The zero-order chi connectivity index (χ0) is 15.2. The third kappa shape index (κ3) is 4.84. The van der Waals surface area contributed by atoms with E-state index in [1.54, 1.807) is 12.1 Å². The van der Waals surface area contributed by atoms with Crippen molar-refractivity contribution in [1.82, 2.24) is 4.98 Å². The van der Waals surface area contributed by atoms with Gasteiger partial charge in [0.25, 0.3) is 5.91 Å². The molecule has 2 aromatic heterocycles. The Hall–Kier alpha value is -1.92. The molecule has 1 N–H and O–H groups in total. The maximum atomic E-state index is 11.9. The maximum absolute atomic E-state index is 11.9. The number of esters is 1. The number of aromatic nitrogens is 1. The Morgan fingerprint density at radius 3 is 2.86 bits per heavy atom. The number of rotatable bonds is 5. The highest BCUT2D eigenvalue weighted by Gasteiger charge is 2.18. The molecule has 21 heavy (non-hydrogen) atoms. The molecule has 0 aliphatic heterocycles. The summed E-state index contributed by atoms with van der Waals surface area (Å²) in [7, 11) is 0. The van der Waals surface area contributed by atoms with Crippen LogP contribution in [0.5, 0.6) is 0 Å². The van der Waals surface area contributed by atoms with E-state index in [2.05, 4.69) is 10.3 Å². The first-order valence-electron chi connectivity index (χ1n) is 6.19. The lowest BCUT2D eigenvalue weighted by Gasteiger charge is -2.12. The molecule has 110 valence electrons. The number of thiophene rings is 1. The fraction of sp³-hybridized carbons (Fsp3) is 0.214. The van der Waals surface area contributed by atoms with Crippen LogP contribution in [0.1, 0.15) is 11.8 Å². The molecule has 0 aliphatic rings. The Balaban J connectivity index is 1.84. The molecule has 0 aliphatic carbocycles. The number of halogens is 1. The Morgan fingerprint density at radius 2 is 2.24 bits per heavy atom. The van der Waals surface area contributed by atoms with Crippen LogP contribution in [0.4, 0.5) is 5.82 Å². The molecule has 0 fully saturated rings. The average Bonchev–Trinajstić information content (AvgIpc) is 2.94. The number of hydrogen-bond acceptors (Lipinski definition) is 5. The van der Waals surface area contributed by atoms with Gasteiger partial charge >= 0.3 is 5.97 Å². The fourth-order valence-electron chi connectivity index (χ4n) is 1.53. The van der Waals surface area contributed by atoms with Gasteiger partial charge in [0.05, 0.1) is 11.4 Å². The monoisotopic (exact) mass is 324 g/mol. The summed E-state index contributed by atoms with van der Waals surface area (Å²) in [6, 6.07) is 6.88. The lowest BCUT2D eigenvalue weighted by molar-refractivity contribution is -0.152. The van der Waals surface area contributed by atoms with Crippen LogP contribution in [-0.2, 0) is 20.7 Å². The van der Waals surface area contributed by atoms with E-state index in [0.29, 0.717) is 10.8 Å². The summed E-state index contributed by atoms with van der Waals surface area (Å²) in [5.74, 6) is -0.529. The van der Waals surface area contributed by atoms with Crippen molar-refractivity contribution in [3.05, 3.63) is 45.7 Å². The number of nitrogens with zero attached hydrogens (tertiary/aromatic N) is 1. The number of pyridine rings is 1. The van der Waals surface area contributed by atoms with Gasteiger partial charge in [0.15, 0.2) is 6.10 Å². The fourth-order valence-corrected chi connectivity index (χ4v) is 2.33. The van der Waals surface area contributed by atoms with E-state index < -0.39 is 18.0 Å². The number of anilines is 1. The first kappa shape index (κ1) is 15.5. The summed E-state index contributed by atoms with van der Waals surface area (Å²) in [5, 5.41) is 4.91. The minimum atomic E-state index is -0.894. The van der Waals surface area contributed by atoms with Gasteiger partial charge in [-0.1, -0.05) is 17.7 Å². The molecule has 0 saturated carbocycles. The highest BCUT2D eigenvalue weighted by Crippen LogP contribution is 2.12. The van der Waals surface area contributed by atoms with Crippen LogP contribution < -0.4 is 5.32 Å². The van der Waals surface area contributed by atoms with E-state index in [0.717, 1.165) is 4.88 Å². The van der Waals surface area contributed by atoms with E-state index in [1.807, 2.05) is 17.5 Å². The number of carbonyl (C=O) groups excluding carboxylic acids is 2. The van der Waals surface area contributed by atoms with Crippen molar-refractivity contribution in [1.29, 1.82) is 0 Å². The van der Waals surface area contributed by atoms with Crippen molar-refractivity contribution < 1.29 is 14.3 Å². The summed E-state index contributed by atoms with van der Waals surface area (Å²) >= 11 is 7.17. The van der Waals surface area contributed by atoms with Crippen molar-refractivity contribution in [2.24, 2.45) is 0 Å². The SMILES string of the molecule is C[C@@H](OC(=O)Cc1cccs1)C(=O)Nc1ccc(Cl)cn1. The number of amides is 1. The van der Waals surface area contributed by atoms with Crippen LogP contribution in [0, 0.1) is 0 Å². The Kier molecular flexibility index (Phi) is 5.30. The van der Waals surface area contributed by atoms with Gasteiger partial charge in [0.1, 0.15) is 5.82 Å². The molecule has 2 rings (SSSR count). The molecule has 0 radical (unpaired) electrons. The molecule has 0 saturated heterocycles. The lowest BCUT2D eigenvalue weighted by atomic mass is 10.3. The molecule has 0 aromatic carbocycles. The molecule has 5 nitrogen and oxygen atoms in total.